The Morgan fingerprint density at radius 2 is 2.07 bits per heavy atom. The van der Waals surface area contributed by atoms with Crippen LogP contribution < -0.4 is 5.73 Å². The van der Waals surface area contributed by atoms with Gasteiger partial charge in [0.15, 0.2) is 0 Å². The molecule has 1 rings (SSSR count). The topological polar surface area (TPSA) is 74.9 Å². The molecule has 2 unspecified atom stereocenters. The zero-order valence-electron chi connectivity index (χ0n) is 9.20. The second kappa shape index (κ2) is 3.71. The van der Waals surface area contributed by atoms with Gasteiger partial charge in [0.05, 0.1) is 12.3 Å². The highest BCUT2D eigenvalue weighted by molar-refractivity contribution is 5.26. The number of aliphatic hydroxyl groups excluding tert-OH is 1. The van der Waals surface area contributed by atoms with E-state index in [2.05, 4.69) is 31.0 Å². The average Bonchev–Trinajstić information content (AvgIpc) is 2.48. The molecule has 2 atom stereocenters. The fraction of sp³-hybridized carbons (Fsp3) is 0.700. The Morgan fingerprint density at radius 3 is 2.50 bits per heavy atom. The maximum atomic E-state index is 9.85. The third-order valence-corrected chi connectivity index (χ3v) is 2.24. The van der Waals surface area contributed by atoms with Gasteiger partial charge in [-0.2, -0.15) is 5.10 Å². The van der Waals surface area contributed by atoms with Crippen LogP contribution in [0.4, 0.5) is 0 Å². The van der Waals surface area contributed by atoms with Crippen LogP contribution in [0.3, 0.4) is 0 Å². The number of nitrogens with zero attached hydrogens (tertiary/aromatic N) is 1. The quantitative estimate of drug-likeness (QED) is 0.664. The van der Waals surface area contributed by atoms with Crippen LogP contribution in [0.15, 0.2) is 6.20 Å². The number of nitrogens with one attached hydrogen (secondary N) is 1. The molecule has 0 spiro atoms. The third-order valence-electron chi connectivity index (χ3n) is 2.24. The van der Waals surface area contributed by atoms with Gasteiger partial charge < -0.3 is 10.8 Å². The number of hydrogen-bond donors (Lipinski definition) is 3. The molecule has 0 saturated carbocycles. The van der Waals surface area contributed by atoms with E-state index in [1.807, 2.05) is 0 Å². The molecule has 0 aromatic carbocycles. The van der Waals surface area contributed by atoms with E-state index in [0.29, 0.717) is 0 Å². The molecular formula is C10H19N3O. The van der Waals surface area contributed by atoms with Crippen LogP contribution in [0, 0.1) is 0 Å². The first-order chi connectivity index (χ1) is 6.34. The lowest BCUT2D eigenvalue weighted by molar-refractivity contribution is 0.151. The van der Waals surface area contributed by atoms with E-state index >= 15 is 0 Å². The van der Waals surface area contributed by atoms with Gasteiger partial charge in [-0.1, -0.05) is 20.8 Å². The second-order valence-electron chi connectivity index (χ2n) is 4.75. The summed E-state index contributed by atoms with van der Waals surface area (Å²) < 4.78 is 0. The van der Waals surface area contributed by atoms with Gasteiger partial charge in [0.25, 0.3) is 0 Å². The predicted octanol–water partition coefficient (Wildman–Crippen LogP) is 1.09. The van der Waals surface area contributed by atoms with Crippen molar-refractivity contribution in [2.24, 2.45) is 5.73 Å². The van der Waals surface area contributed by atoms with Crippen molar-refractivity contribution in [3.05, 3.63) is 17.5 Å². The smallest absolute Gasteiger partial charge is 0.0971 e. The van der Waals surface area contributed by atoms with Crippen LogP contribution >= 0.6 is 0 Å². The summed E-state index contributed by atoms with van der Waals surface area (Å²) in [7, 11) is 0. The summed E-state index contributed by atoms with van der Waals surface area (Å²) in [4.78, 5) is 0. The zero-order valence-corrected chi connectivity index (χ0v) is 9.20. The molecule has 1 heterocycles. The molecule has 0 saturated heterocycles. The number of aromatic nitrogens is 2. The van der Waals surface area contributed by atoms with Crippen LogP contribution in [0.2, 0.25) is 0 Å². The Morgan fingerprint density at radius 1 is 1.50 bits per heavy atom. The van der Waals surface area contributed by atoms with Gasteiger partial charge in [0.2, 0.25) is 0 Å². The summed E-state index contributed by atoms with van der Waals surface area (Å²) in [6.45, 7) is 7.98. The maximum Gasteiger partial charge on any atom is 0.0971 e. The highest BCUT2D eigenvalue weighted by Gasteiger charge is 2.25. The maximum absolute atomic E-state index is 9.85. The molecule has 14 heavy (non-hydrogen) atoms. The Hall–Kier alpha value is -0.870. The minimum Gasteiger partial charge on any atom is -0.387 e. The van der Waals surface area contributed by atoms with Crippen molar-refractivity contribution in [3.8, 4) is 0 Å². The van der Waals surface area contributed by atoms with Crippen molar-refractivity contribution in [1.82, 2.24) is 10.2 Å². The van der Waals surface area contributed by atoms with Gasteiger partial charge in [-0.25, -0.2) is 0 Å². The predicted molar refractivity (Wildman–Crippen MR) is 55.9 cm³/mol. The van der Waals surface area contributed by atoms with Crippen LogP contribution in [-0.4, -0.2) is 21.3 Å². The van der Waals surface area contributed by atoms with Gasteiger partial charge in [-0.05, 0) is 6.92 Å². The lowest BCUT2D eigenvalue weighted by Gasteiger charge is -2.22. The Labute approximate surface area is 84.5 Å². The zero-order chi connectivity index (χ0) is 10.9. The molecule has 80 valence electrons. The van der Waals surface area contributed by atoms with Crippen molar-refractivity contribution in [3.63, 3.8) is 0 Å². The fourth-order valence-electron chi connectivity index (χ4n) is 1.40. The van der Waals surface area contributed by atoms with E-state index in [9.17, 15) is 5.11 Å². The van der Waals surface area contributed by atoms with Crippen LogP contribution in [-0.2, 0) is 5.41 Å². The largest absolute Gasteiger partial charge is 0.387 e. The molecule has 1 aromatic rings. The minimum atomic E-state index is -0.650. The van der Waals surface area contributed by atoms with E-state index < -0.39 is 6.10 Å². The van der Waals surface area contributed by atoms with E-state index in [1.54, 1.807) is 13.1 Å². The number of H-pyrrole nitrogens is 1. The Bertz CT molecular complexity index is 299. The van der Waals surface area contributed by atoms with Crippen molar-refractivity contribution < 1.29 is 5.11 Å². The summed E-state index contributed by atoms with van der Waals surface area (Å²) >= 11 is 0. The van der Waals surface area contributed by atoms with Crippen molar-refractivity contribution in [2.45, 2.75) is 45.3 Å². The summed E-state index contributed by atoms with van der Waals surface area (Å²) in [5.74, 6) is 0. The van der Waals surface area contributed by atoms with E-state index in [-0.39, 0.29) is 11.5 Å². The molecular weight excluding hydrogens is 178 g/mol. The van der Waals surface area contributed by atoms with Crippen molar-refractivity contribution >= 4 is 0 Å². The van der Waals surface area contributed by atoms with Crippen LogP contribution in [0.1, 0.15) is 45.1 Å². The number of rotatable bonds is 2. The standard InChI is InChI=1S/C10H19N3O/c1-6(11)8(14)7-5-12-13-9(7)10(2,3)4/h5-6,8,14H,11H2,1-4H3,(H,12,13). The molecule has 4 heteroatoms. The Balaban J connectivity index is 3.05. The number of aromatic amines is 1. The number of nitrogens with two attached hydrogens (primary N) is 1. The van der Waals surface area contributed by atoms with Crippen LogP contribution in [0.5, 0.6) is 0 Å². The number of hydrogen-bond acceptors (Lipinski definition) is 3. The monoisotopic (exact) mass is 197 g/mol. The molecule has 0 aliphatic carbocycles. The van der Waals surface area contributed by atoms with Gasteiger partial charge in [-0.3, -0.25) is 5.10 Å². The van der Waals surface area contributed by atoms with E-state index in [1.165, 1.54) is 0 Å². The van der Waals surface area contributed by atoms with Gasteiger partial charge >= 0.3 is 0 Å². The normalized spacial score (nSPS) is 16.7. The number of aliphatic hydroxyl groups is 1. The molecule has 0 aliphatic rings. The summed E-state index contributed by atoms with van der Waals surface area (Å²) in [6.07, 6.45) is 0.997. The van der Waals surface area contributed by atoms with Crippen molar-refractivity contribution in [2.75, 3.05) is 0 Å². The van der Waals surface area contributed by atoms with Crippen molar-refractivity contribution in [1.29, 1.82) is 0 Å². The molecule has 4 N–H and O–H groups in total. The average molecular weight is 197 g/mol. The van der Waals surface area contributed by atoms with E-state index in [4.69, 9.17) is 5.73 Å². The first-order valence-corrected chi connectivity index (χ1v) is 4.81. The Kier molecular flexibility index (Phi) is 2.97. The first kappa shape index (κ1) is 11.2. The van der Waals surface area contributed by atoms with Gasteiger partial charge in [-0.15, -0.1) is 0 Å². The highest BCUT2D eigenvalue weighted by atomic mass is 16.3. The molecule has 1 aromatic heterocycles. The molecule has 4 nitrogen and oxygen atoms in total. The van der Waals surface area contributed by atoms with Gasteiger partial charge in [0.1, 0.15) is 0 Å². The highest BCUT2D eigenvalue weighted by Crippen LogP contribution is 2.28. The molecule has 0 bridgehead atoms. The SMILES string of the molecule is CC(N)C(O)c1cn[nH]c1C(C)(C)C. The summed E-state index contributed by atoms with van der Waals surface area (Å²) in [5.41, 5.74) is 7.34. The first-order valence-electron chi connectivity index (χ1n) is 4.81. The van der Waals surface area contributed by atoms with Crippen LogP contribution in [0.25, 0.3) is 0 Å². The minimum absolute atomic E-state index is 0.0539. The molecule has 0 aliphatic heterocycles. The molecule has 0 radical (unpaired) electrons. The summed E-state index contributed by atoms with van der Waals surface area (Å²) in [5, 5.41) is 16.7. The third kappa shape index (κ3) is 2.13. The van der Waals surface area contributed by atoms with Gasteiger partial charge in [0, 0.05) is 22.7 Å². The second-order valence-corrected chi connectivity index (χ2v) is 4.75. The lowest BCUT2D eigenvalue weighted by Crippen LogP contribution is -2.26. The molecule has 0 fully saturated rings. The summed E-state index contributed by atoms with van der Waals surface area (Å²) in [6, 6.07) is -0.284. The fourth-order valence-corrected chi connectivity index (χ4v) is 1.40. The lowest BCUT2D eigenvalue weighted by atomic mass is 9.87. The molecule has 0 amide bonds. The van der Waals surface area contributed by atoms with E-state index in [0.717, 1.165) is 11.3 Å².